The van der Waals surface area contributed by atoms with Crippen LogP contribution in [0.2, 0.25) is 0 Å². The Bertz CT molecular complexity index is 945. The van der Waals surface area contributed by atoms with Gasteiger partial charge in [-0.15, -0.1) is 0 Å². The lowest BCUT2D eigenvalue weighted by Crippen LogP contribution is -2.38. The van der Waals surface area contributed by atoms with Crippen LogP contribution in [0.1, 0.15) is 68.9 Å². The minimum atomic E-state index is -3.40. The molecule has 2 aliphatic carbocycles. The zero-order valence-electron chi connectivity index (χ0n) is 19.1. The molecule has 0 bridgehead atoms. The van der Waals surface area contributed by atoms with E-state index in [1.54, 1.807) is 0 Å². The van der Waals surface area contributed by atoms with Gasteiger partial charge in [0.1, 0.15) is 5.75 Å². The number of allylic oxidation sites excluding steroid dienone is 2. The summed E-state index contributed by atoms with van der Waals surface area (Å²) in [6.45, 7) is 2.19. The molecule has 4 rings (SSSR count). The van der Waals surface area contributed by atoms with Crippen molar-refractivity contribution in [2.24, 2.45) is 17.8 Å². The summed E-state index contributed by atoms with van der Waals surface area (Å²) < 4.78 is 60.5. The molecular formula is C28H32F4O. The van der Waals surface area contributed by atoms with Gasteiger partial charge in [-0.25, -0.2) is 8.78 Å². The third-order valence-electron chi connectivity index (χ3n) is 7.35. The fourth-order valence-corrected chi connectivity index (χ4v) is 5.40. The van der Waals surface area contributed by atoms with Crippen LogP contribution in [0.5, 0.6) is 5.75 Å². The maximum atomic E-state index is 14.7. The summed E-state index contributed by atoms with van der Waals surface area (Å²) in [6, 6.07) is 11.4. The Balaban J connectivity index is 1.29. The molecule has 0 radical (unpaired) electrons. The van der Waals surface area contributed by atoms with E-state index in [0.29, 0.717) is 36.7 Å². The van der Waals surface area contributed by atoms with E-state index < -0.39 is 23.7 Å². The molecule has 2 aliphatic rings. The normalized spacial score (nSPS) is 25.7. The molecule has 0 aromatic heterocycles. The molecule has 33 heavy (non-hydrogen) atoms. The first-order valence-electron chi connectivity index (χ1n) is 12.1. The number of ether oxygens (including phenoxy) is 1. The third kappa shape index (κ3) is 5.80. The van der Waals surface area contributed by atoms with Crippen LogP contribution < -0.4 is 4.74 Å². The van der Waals surface area contributed by atoms with Gasteiger partial charge in [-0.2, -0.15) is 8.78 Å². The Kier molecular flexibility index (Phi) is 7.45. The van der Waals surface area contributed by atoms with E-state index in [9.17, 15) is 17.6 Å². The van der Waals surface area contributed by atoms with Crippen molar-refractivity contribution in [1.82, 2.24) is 0 Å². The summed E-state index contributed by atoms with van der Waals surface area (Å²) >= 11 is 0. The van der Waals surface area contributed by atoms with Crippen molar-refractivity contribution >= 4 is 0 Å². The van der Waals surface area contributed by atoms with Crippen LogP contribution in [0.15, 0.2) is 54.6 Å². The Morgan fingerprint density at radius 3 is 2.18 bits per heavy atom. The molecule has 2 atom stereocenters. The predicted molar refractivity (Wildman–Crippen MR) is 122 cm³/mol. The Labute approximate surface area is 193 Å². The van der Waals surface area contributed by atoms with Crippen molar-refractivity contribution in [2.45, 2.75) is 70.3 Å². The molecule has 1 fully saturated rings. The van der Waals surface area contributed by atoms with Gasteiger partial charge in [0.2, 0.25) is 0 Å². The van der Waals surface area contributed by atoms with Crippen molar-refractivity contribution in [3.05, 3.63) is 77.4 Å². The Morgan fingerprint density at radius 2 is 1.58 bits per heavy atom. The lowest BCUT2D eigenvalue weighted by Gasteiger charge is -2.37. The summed E-state index contributed by atoms with van der Waals surface area (Å²) in [5.41, 5.74) is 2.73. The van der Waals surface area contributed by atoms with E-state index in [0.717, 1.165) is 50.7 Å². The molecule has 0 spiro atoms. The number of hydrogen-bond acceptors (Lipinski definition) is 1. The molecule has 0 amide bonds. The molecule has 0 saturated heterocycles. The molecule has 0 heterocycles. The second kappa shape index (κ2) is 10.3. The second-order valence-electron chi connectivity index (χ2n) is 9.58. The van der Waals surface area contributed by atoms with Gasteiger partial charge in [0.25, 0.3) is 0 Å². The number of rotatable bonds is 7. The Hall–Kier alpha value is -2.30. The van der Waals surface area contributed by atoms with Crippen LogP contribution >= 0.6 is 0 Å². The average molecular weight is 461 g/mol. The minimum Gasteiger partial charge on any atom is -0.432 e. The largest absolute Gasteiger partial charge is 0.432 e. The molecule has 0 aliphatic heterocycles. The van der Waals surface area contributed by atoms with Crippen LogP contribution in [-0.2, 0) is 6.42 Å². The van der Waals surface area contributed by atoms with Gasteiger partial charge in [0.05, 0.1) is 5.92 Å². The molecule has 2 aromatic rings. The molecule has 2 unspecified atom stereocenters. The summed E-state index contributed by atoms with van der Waals surface area (Å²) in [7, 11) is 0. The molecule has 1 saturated carbocycles. The SMILES string of the molecule is CCCc1ccc(C2C=CC(C3CCC(C(F)(F)Oc4ccc(F)c(F)c4)CC3)CC2)cc1. The monoisotopic (exact) mass is 460 g/mol. The number of alkyl halides is 2. The molecule has 178 valence electrons. The first-order chi connectivity index (χ1) is 15.9. The predicted octanol–water partition coefficient (Wildman–Crippen LogP) is 8.45. The van der Waals surface area contributed by atoms with E-state index in [-0.39, 0.29) is 5.75 Å². The number of hydrogen-bond donors (Lipinski definition) is 0. The topological polar surface area (TPSA) is 9.23 Å². The van der Waals surface area contributed by atoms with Crippen molar-refractivity contribution in [3.63, 3.8) is 0 Å². The zero-order valence-corrected chi connectivity index (χ0v) is 19.1. The summed E-state index contributed by atoms with van der Waals surface area (Å²) in [5.74, 6) is -2.25. The average Bonchev–Trinajstić information content (AvgIpc) is 2.82. The van der Waals surface area contributed by atoms with Crippen LogP contribution in [-0.4, -0.2) is 6.11 Å². The standard InChI is InChI=1S/C28H32F4O/c1-2-3-19-4-6-20(7-5-19)21-8-10-22(11-9-21)23-12-14-24(15-13-23)28(31,32)33-25-16-17-26(29)27(30)18-25/h4-8,10,16-18,21-24H,2-3,9,11-15H2,1H3. The van der Waals surface area contributed by atoms with Crippen molar-refractivity contribution in [2.75, 3.05) is 0 Å². The fraction of sp³-hybridized carbons (Fsp3) is 0.500. The molecular weight excluding hydrogens is 428 g/mol. The van der Waals surface area contributed by atoms with E-state index in [2.05, 4.69) is 43.3 Å². The maximum Gasteiger partial charge on any atom is 0.400 e. The van der Waals surface area contributed by atoms with Gasteiger partial charge in [-0.05, 0) is 80.0 Å². The fourth-order valence-electron chi connectivity index (χ4n) is 5.40. The van der Waals surface area contributed by atoms with Crippen LogP contribution in [0.3, 0.4) is 0 Å². The van der Waals surface area contributed by atoms with Crippen LogP contribution in [0, 0.1) is 29.4 Å². The van der Waals surface area contributed by atoms with Gasteiger partial charge < -0.3 is 4.74 Å². The van der Waals surface area contributed by atoms with Crippen LogP contribution in [0.25, 0.3) is 0 Å². The highest BCUT2D eigenvalue weighted by molar-refractivity contribution is 5.29. The highest BCUT2D eigenvalue weighted by Crippen LogP contribution is 2.45. The number of benzene rings is 2. The third-order valence-corrected chi connectivity index (χ3v) is 7.35. The molecule has 5 heteroatoms. The van der Waals surface area contributed by atoms with Crippen molar-refractivity contribution in [1.29, 1.82) is 0 Å². The summed E-state index contributed by atoms with van der Waals surface area (Å²) in [5, 5.41) is 0. The summed E-state index contributed by atoms with van der Waals surface area (Å²) in [6.07, 6.45) is 7.82. The van der Waals surface area contributed by atoms with Gasteiger partial charge in [0, 0.05) is 12.0 Å². The van der Waals surface area contributed by atoms with Gasteiger partial charge in [-0.1, -0.05) is 49.8 Å². The highest BCUT2D eigenvalue weighted by Gasteiger charge is 2.45. The van der Waals surface area contributed by atoms with Gasteiger partial charge in [0.15, 0.2) is 11.6 Å². The first-order valence-corrected chi connectivity index (χ1v) is 12.1. The molecule has 2 aromatic carbocycles. The molecule has 0 N–H and O–H groups in total. The smallest absolute Gasteiger partial charge is 0.400 e. The minimum absolute atomic E-state index is 0.343. The molecule has 1 nitrogen and oxygen atoms in total. The van der Waals surface area contributed by atoms with E-state index in [1.807, 2.05) is 0 Å². The zero-order chi connectivity index (χ0) is 23.4. The lowest BCUT2D eigenvalue weighted by atomic mass is 9.71. The first kappa shape index (κ1) is 23.8. The van der Waals surface area contributed by atoms with E-state index in [1.165, 1.54) is 11.1 Å². The van der Waals surface area contributed by atoms with Crippen LogP contribution in [0.4, 0.5) is 17.6 Å². The highest BCUT2D eigenvalue weighted by atomic mass is 19.3. The lowest BCUT2D eigenvalue weighted by molar-refractivity contribution is -0.224. The van der Waals surface area contributed by atoms with Gasteiger partial charge in [-0.3, -0.25) is 0 Å². The van der Waals surface area contributed by atoms with E-state index >= 15 is 0 Å². The summed E-state index contributed by atoms with van der Waals surface area (Å²) in [4.78, 5) is 0. The van der Waals surface area contributed by atoms with Crippen molar-refractivity contribution in [3.8, 4) is 5.75 Å². The number of aryl methyl sites for hydroxylation is 1. The van der Waals surface area contributed by atoms with Crippen molar-refractivity contribution < 1.29 is 22.3 Å². The number of halogens is 4. The van der Waals surface area contributed by atoms with E-state index in [4.69, 9.17) is 4.74 Å². The second-order valence-corrected chi connectivity index (χ2v) is 9.58. The maximum absolute atomic E-state index is 14.7. The Morgan fingerprint density at radius 1 is 0.848 bits per heavy atom. The van der Waals surface area contributed by atoms with Gasteiger partial charge >= 0.3 is 6.11 Å². The quantitative estimate of drug-likeness (QED) is 0.297.